The van der Waals surface area contributed by atoms with Crippen molar-refractivity contribution in [2.75, 3.05) is 13.1 Å². The zero-order chi connectivity index (χ0) is 11.5. The van der Waals surface area contributed by atoms with E-state index in [4.69, 9.17) is 10.9 Å². The maximum Gasteiger partial charge on any atom is 0.277 e. The quantitative estimate of drug-likeness (QED) is 0.728. The number of hydrogen-bond donors (Lipinski definition) is 2. The van der Waals surface area contributed by atoms with Gasteiger partial charge in [0.15, 0.2) is 0 Å². The fourth-order valence-electron chi connectivity index (χ4n) is 2.55. The van der Waals surface area contributed by atoms with Crippen LogP contribution in [0.15, 0.2) is 0 Å². The van der Waals surface area contributed by atoms with Crippen LogP contribution in [0.25, 0.3) is 0 Å². The predicted molar refractivity (Wildman–Crippen MR) is 60.4 cm³/mol. The van der Waals surface area contributed by atoms with Gasteiger partial charge in [-0.1, -0.05) is 26.2 Å². The molecule has 0 radical (unpaired) electrons. The third kappa shape index (κ3) is 2.69. The van der Waals surface area contributed by atoms with Crippen LogP contribution >= 0.6 is 0 Å². The van der Waals surface area contributed by atoms with E-state index in [1.54, 1.807) is 6.92 Å². The lowest BCUT2D eigenvalue weighted by atomic mass is 9.81. The summed E-state index contributed by atoms with van der Waals surface area (Å²) in [6.07, 6.45) is 4.87. The molecule has 0 unspecified atom stereocenters. The minimum Gasteiger partial charge on any atom is -0.329 e. The molecule has 0 aromatic heterocycles. The third-order valence-electron chi connectivity index (χ3n) is 3.29. The fourth-order valence-corrected chi connectivity index (χ4v) is 3.71. The van der Waals surface area contributed by atoms with Crippen molar-refractivity contribution in [3.8, 4) is 0 Å². The van der Waals surface area contributed by atoms with E-state index >= 15 is 0 Å². The first-order valence-corrected chi connectivity index (χ1v) is 6.97. The van der Waals surface area contributed by atoms with E-state index in [2.05, 4.69) is 0 Å². The summed E-state index contributed by atoms with van der Waals surface area (Å²) in [4.78, 5) is 0. The highest BCUT2D eigenvalue weighted by Crippen LogP contribution is 2.33. The van der Waals surface area contributed by atoms with Gasteiger partial charge in [0.05, 0.1) is 0 Å². The van der Waals surface area contributed by atoms with Gasteiger partial charge in [0.25, 0.3) is 10.2 Å². The molecule has 0 amide bonds. The molecule has 1 fully saturated rings. The van der Waals surface area contributed by atoms with Crippen molar-refractivity contribution >= 4 is 10.2 Å². The Morgan fingerprint density at radius 3 is 2.13 bits per heavy atom. The van der Waals surface area contributed by atoms with Gasteiger partial charge in [0.1, 0.15) is 0 Å². The number of nitrogens with two attached hydrogens (primary N) is 2. The van der Waals surface area contributed by atoms with Gasteiger partial charge in [-0.15, -0.1) is 0 Å². The fraction of sp³-hybridized carbons (Fsp3) is 1.00. The summed E-state index contributed by atoms with van der Waals surface area (Å²) in [5.41, 5.74) is 5.32. The number of rotatable bonds is 4. The van der Waals surface area contributed by atoms with Crippen LogP contribution in [0.2, 0.25) is 0 Å². The van der Waals surface area contributed by atoms with E-state index in [1.165, 1.54) is 4.31 Å². The van der Waals surface area contributed by atoms with Gasteiger partial charge in [0, 0.05) is 18.6 Å². The van der Waals surface area contributed by atoms with Crippen molar-refractivity contribution in [1.29, 1.82) is 0 Å². The van der Waals surface area contributed by atoms with Gasteiger partial charge in [0.2, 0.25) is 0 Å². The summed E-state index contributed by atoms with van der Waals surface area (Å²) in [5, 5.41) is 5.22. The lowest BCUT2D eigenvalue weighted by molar-refractivity contribution is 0.141. The predicted octanol–water partition coefficient (Wildman–Crippen LogP) is 0.173. The van der Waals surface area contributed by atoms with Crippen molar-refractivity contribution < 1.29 is 8.42 Å². The van der Waals surface area contributed by atoms with Crippen LogP contribution in [0.4, 0.5) is 0 Å². The molecule has 0 aromatic carbocycles. The lowest BCUT2D eigenvalue weighted by Gasteiger charge is -2.43. The van der Waals surface area contributed by atoms with Crippen LogP contribution in [-0.2, 0) is 10.2 Å². The molecule has 6 heteroatoms. The van der Waals surface area contributed by atoms with Gasteiger partial charge >= 0.3 is 0 Å². The molecule has 1 rings (SSSR count). The molecule has 0 atom stereocenters. The summed E-state index contributed by atoms with van der Waals surface area (Å²) < 4.78 is 24.3. The summed E-state index contributed by atoms with van der Waals surface area (Å²) in [5.74, 6) is 0. The maximum atomic E-state index is 11.5. The molecule has 1 saturated carbocycles. The summed E-state index contributed by atoms with van der Waals surface area (Å²) >= 11 is 0. The molecule has 4 N–H and O–H groups in total. The van der Waals surface area contributed by atoms with E-state index in [1.807, 2.05) is 0 Å². The zero-order valence-electron chi connectivity index (χ0n) is 9.28. The van der Waals surface area contributed by atoms with Crippen molar-refractivity contribution in [1.82, 2.24) is 4.31 Å². The molecule has 0 spiro atoms. The summed E-state index contributed by atoms with van der Waals surface area (Å²) in [7, 11) is -3.63. The average Bonchev–Trinajstić information content (AvgIpc) is 2.18. The van der Waals surface area contributed by atoms with Crippen molar-refractivity contribution in [3.63, 3.8) is 0 Å². The normalized spacial score (nSPS) is 21.9. The molecule has 0 aliphatic heterocycles. The highest BCUT2D eigenvalue weighted by atomic mass is 32.2. The second-order valence-corrected chi connectivity index (χ2v) is 5.67. The summed E-state index contributed by atoms with van der Waals surface area (Å²) in [6.45, 7) is 2.56. The SMILES string of the molecule is CCN(C1(CN)CCCCC1)S(N)(=O)=O. The highest BCUT2D eigenvalue weighted by molar-refractivity contribution is 7.86. The van der Waals surface area contributed by atoms with Gasteiger partial charge in [-0.05, 0) is 12.8 Å². The zero-order valence-corrected chi connectivity index (χ0v) is 10.1. The monoisotopic (exact) mass is 235 g/mol. The topological polar surface area (TPSA) is 89.4 Å². The van der Waals surface area contributed by atoms with E-state index < -0.39 is 15.7 Å². The lowest BCUT2D eigenvalue weighted by Crippen LogP contribution is -2.58. The van der Waals surface area contributed by atoms with Gasteiger partial charge < -0.3 is 5.73 Å². The Kier molecular flexibility index (Phi) is 4.11. The number of nitrogens with zero attached hydrogens (tertiary/aromatic N) is 1. The Labute approximate surface area is 92.0 Å². The van der Waals surface area contributed by atoms with Crippen LogP contribution in [0.1, 0.15) is 39.0 Å². The van der Waals surface area contributed by atoms with Crippen molar-refractivity contribution in [3.05, 3.63) is 0 Å². The first-order valence-electron chi connectivity index (χ1n) is 5.47. The largest absolute Gasteiger partial charge is 0.329 e. The van der Waals surface area contributed by atoms with Crippen LogP contribution < -0.4 is 10.9 Å². The Hall–Kier alpha value is -0.170. The van der Waals surface area contributed by atoms with Gasteiger partial charge in [-0.25, -0.2) is 5.14 Å². The highest BCUT2D eigenvalue weighted by Gasteiger charge is 2.40. The van der Waals surface area contributed by atoms with Crippen LogP contribution in [0.3, 0.4) is 0 Å². The van der Waals surface area contributed by atoms with Gasteiger partial charge in [-0.3, -0.25) is 0 Å². The molecule has 1 aliphatic rings. The van der Waals surface area contributed by atoms with Crippen molar-refractivity contribution in [2.24, 2.45) is 10.9 Å². The standard InChI is InChI=1S/C9H21N3O2S/c1-2-12(15(11,13)14)9(8-10)6-4-3-5-7-9/h2-8,10H2,1H3,(H2,11,13,14). The minimum atomic E-state index is -3.63. The molecule has 5 nitrogen and oxygen atoms in total. The number of hydrogen-bond acceptors (Lipinski definition) is 3. The van der Waals surface area contributed by atoms with Gasteiger partial charge in [-0.2, -0.15) is 12.7 Å². The number of likely N-dealkylation sites (N-methyl/N-ethyl adjacent to an activating group) is 1. The van der Waals surface area contributed by atoms with E-state index in [9.17, 15) is 8.42 Å². The maximum absolute atomic E-state index is 11.5. The van der Waals surface area contributed by atoms with Crippen LogP contribution in [-0.4, -0.2) is 31.4 Å². The van der Waals surface area contributed by atoms with Crippen LogP contribution in [0.5, 0.6) is 0 Å². The van der Waals surface area contributed by atoms with E-state index in [-0.39, 0.29) is 0 Å². The second-order valence-electron chi connectivity index (χ2n) is 4.20. The minimum absolute atomic E-state index is 0.358. The Bertz CT molecular complexity index is 296. The Balaban J connectivity index is 2.96. The van der Waals surface area contributed by atoms with Crippen LogP contribution in [0, 0.1) is 0 Å². The van der Waals surface area contributed by atoms with Crippen molar-refractivity contribution in [2.45, 2.75) is 44.6 Å². The third-order valence-corrected chi connectivity index (χ3v) is 4.55. The first kappa shape index (κ1) is 12.9. The van der Waals surface area contributed by atoms with E-state index in [0.29, 0.717) is 13.1 Å². The summed E-state index contributed by atoms with van der Waals surface area (Å²) in [6, 6.07) is 0. The second kappa shape index (κ2) is 4.78. The average molecular weight is 235 g/mol. The molecule has 0 aromatic rings. The molecular formula is C9H21N3O2S. The molecule has 0 bridgehead atoms. The molecule has 90 valence electrons. The Morgan fingerprint density at radius 1 is 1.27 bits per heavy atom. The molecule has 15 heavy (non-hydrogen) atoms. The first-order chi connectivity index (χ1) is 6.96. The Morgan fingerprint density at radius 2 is 1.80 bits per heavy atom. The van der Waals surface area contributed by atoms with E-state index in [0.717, 1.165) is 32.1 Å². The smallest absolute Gasteiger partial charge is 0.277 e. The molecular weight excluding hydrogens is 214 g/mol. The molecule has 1 aliphatic carbocycles. The molecule has 0 heterocycles. The molecule has 0 saturated heterocycles.